The highest BCUT2D eigenvalue weighted by molar-refractivity contribution is 8.09. The summed E-state index contributed by atoms with van der Waals surface area (Å²) in [6.45, 7) is 0.365. The Bertz CT molecular complexity index is 242. The standard InChI is InChI=1S/C7H15O5PS/c1-4-6(8)7(9)5(12-4)3-11-13(2,10)14/h4-9H,3H2,1-2H3,(H,10,14). The zero-order valence-electron chi connectivity index (χ0n) is 8.03. The van der Waals surface area contributed by atoms with E-state index in [1.807, 2.05) is 0 Å². The molecule has 1 heterocycles. The molecular formula is C7H15O5PS. The molecule has 0 saturated carbocycles. The zero-order valence-corrected chi connectivity index (χ0v) is 9.74. The summed E-state index contributed by atoms with van der Waals surface area (Å²) in [6, 6.07) is 0. The van der Waals surface area contributed by atoms with Crippen LogP contribution in [0.1, 0.15) is 6.92 Å². The predicted molar refractivity (Wildman–Crippen MR) is 54.7 cm³/mol. The van der Waals surface area contributed by atoms with Gasteiger partial charge >= 0.3 is 0 Å². The van der Waals surface area contributed by atoms with Crippen LogP contribution in [-0.2, 0) is 21.1 Å². The van der Waals surface area contributed by atoms with Crippen molar-refractivity contribution in [3.8, 4) is 0 Å². The molecule has 0 amide bonds. The van der Waals surface area contributed by atoms with E-state index < -0.39 is 30.9 Å². The van der Waals surface area contributed by atoms with E-state index in [0.29, 0.717) is 0 Å². The van der Waals surface area contributed by atoms with Crippen LogP contribution >= 0.6 is 6.49 Å². The Morgan fingerprint density at radius 3 is 2.36 bits per heavy atom. The van der Waals surface area contributed by atoms with Crippen molar-refractivity contribution in [2.24, 2.45) is 0 Å². The van der Waals surface area contributed by atoms with E-state index in [4.69, 9.17) is 9.26 Å². The van der Waals surface area contributed by atoms with Crippen LogP contribution in [0.15, 0.2) is 0 Å². The highest BCUT2D eigenvalue weighted by Crippen LogP contribution is 2.38. The van der Waals surface area contributed by atoms with Gasteiger partial charge in [-0.05, 0) is 18.7 Å². The van der Waals surface area contributed by atoms with E-state index in [-0.39, 0.29) is 6.61 Å². The summed E-state index contributed by atoms with van der Waals surface area (Å²) in [7, 11) is 0. The fraction of sp³-hybridized carbons (Fsp3) is 1.00. The van der Waals surface area contributed by atoms with Crippen molar-refractivity contribution >= 4 is 18.3 Å². The van der Waals surface area contributed by atoms with E-state index in [1.165, 1.54) is 6.66 Å². The van der Waals surface area contributed by atoms with Gasteiger partial charge in [0.25, 0.3) is 0 Å². The van der Waals surface area contributed by atoms with Gasteiger partial charge in [-0.2, -0.15) is 0 Å². The Kier molecular flexibility index (Phi) is 4.05. The molecule has 1 rings (SSSR count). The van der Waals surface area contributed by atoms with E-state index in [0.717, 1.165) is 0 Å². The molecule has 1 aliphatic heterocycles. The molecular weight excluding hydrogens is 227 g/mol. The van der Waals surface area contributed by atoms with Crippen molar-refractivity contribution in [2.45, 2.75) is 31.3 Å². The monoisotopic (exact) mass is 242 g/mol. The molecule has 3 N–H and O–H groups in total. The van der Waals surface area contributed by atoms with E-state index >= 15 is 0 Å². The van der Waals surface area contributed by atoms with Crippen molar-refractivity contribution in [3.63, 3.8) is 0 Å². The Morgan fingerprint density at radius 2 is 2.00 bits per heavy atom. The first-order valence-corrected chi connectivity index (χ1v) is 7.39. The third kappa shape index (κ3) is 3.24. The maximum absolute atomic E-state index is 9.47. The molecule has 5 unspecified atom stereocenters. The van der Waals surface area contributed by atoms with Gasteiger partial charge in [0, 0.05) is 6.66 Å². The van der Waals surface area contributed by atoms with Crippen molar-refractivity contribution < 1.29 is 24.4 Å². The van der Waals surface area contributed by atoms with Crippen molar-refractivity contribution in [2.75, 3.05) is 13.3 Å². The Labute approximate surface area is 87.8 Å². The molecule has 14 heavy (non-hydrogen) atoms. The second-order valence-electron chi connectivity index (χ2n) is 3.46. The molecule has 0 aromatic rings. The molecule has 1 fully saturated rings. The second-order valence-corrected chi connectivity index (χ2v) is 7.36. The van der Waals surface area contributed by atoms with Crippen LogP contribution in [0.4, 0.5) is 0 Å². The van der Waals surface area contributed by atoms with Crippen molar-refractivity contribution in [1.29, 1.82) is 0 Å². The van der Waals surface area contributed by atoms with Crippen LogP contribution in [0.25, 0.3) is 0 Å². The summed E-state index contributed by atoms with van der Waals surface area (Å²) in [5, 5.41) is 18.8. The van der Waals surface area contributed by atoms with Crippen LogP contribution in [0.2, 0.25) is 0 Å². The Hall–Kier alpha value is 0.450. The summed E-state index contributed by atoms with van der Waals surface area (Å²) in [6.07, 6.45) is -2.93. The van der Waals surface area contributed by atoms with Crippen LogP contribution in [-0.4, -0.2) is 52.8 Å². The number of hydrogen-bond donors (Lipinski definition) is 3. The molecule has 7 heteroatoms. The van der Waals surface area contributed by atoms with Gasteiger partial charge in [0.15, 0.2) is 6.49 Å². The summed E-state index contributed by atoms with van der Waals surface area (Å²) in [5.41, 5.74) is 0. The van der Waals surface area contributed by atoms with Gasteiger partial charge in [-0.15, -0.1) is 0 Å². The quantitative estimate of drug-likeness (QED) is 0.576. The maximum Gasteiger partial charge on any atom is 0.183 e. The lowest BCUT2D eigenvalue weighted by Crippen LogP contribution is -2.33. The number of aliphatic hydroxyl groups excluding tert-OH is 2. The third-order valence-electron chi connectivity index (χ3n) is 2.08. The lowest BCUT2D eigenvalue weighted by molar-refractivity contribution is -0.0105. The number of rotatable bonds is 3. The predicted octanol–water partition coefficient (Wildman–Crippen LogP) is -0.556. The Morgan fingerprint density at radius 1 is 1.43 bits per heavy atom. The van der Waals surface area contributed by atoms with Crippen molar-refractivity contribution in [1.82, 2.24) is 0 Å². The minimum atomic E-state index is -2.72. The van der Waals surface area contributed by atoms with Gasteiger partial charge < -0.3 is 24.4 Å². The second kappa shape index (κ2) is 4.53. The first-order valence-electron chi connectivity index (χ1n) is 4.27. The average molecular weight is 242 g/mol. The molecule has 0 radical (unpaired) electrons. The molecule has 0 spiro atoms. The normalized spacial score (nSPS) is 42.4. The number of ether oxygens (including phenoxy) is 1. The molecule has 84 valence electrons. The highest BCUT2D eigenvalue weighted by Gasteiger charge is 2.40. The molecule has 0 aromatic heterocycles. The molecule has 0 aromatic carbocycles. The van der Waals surface area contributed by atoms with E-state index in [2.05, 4.69) is 11.8 Å². The third-order valence-corrected chi connectivity index (χ3v) is 3.02. The summed E-state index contributed by atoms with van der Waals surface area (Å²) >= 11 is 4.66. The van der Waals surface area contributed by atoms with Gasteiger partial charge in [-0.25, -0.2) is 0 Å². The van der Waals surface area contributed by atoms with E-state index in [9.17, 15) is 15.1 Å². The van der Waals surface area contributed by atoms with Crippen LogP contribution < -0.4 is 0 Å². The fourth-order valence-electron chi connectivity index (χ4n) is 1.28. The summed E-state index contributed by atoms with van der Waals surface area (Å²) in [5.74, 6) is 0. The average Bonchev–Trinajstić information content (AvgIpc) is 2.28. The lowest BCUT2D eigenvalue weighted by Gasteiger charge is -2.17. The molecule has 0 bridgehead atoms. The smallest absolute Gasteiger partial charge is 0.183 e. The minimum Gasteiger partial charge on any atom is -0.388 e. The van der Waals surface area contributed by atoms with Crippen molar-refractivity contribution in [3.05, 3.63) is 0 Å². The summed E-state index contributed by atoms with van der Waals surface area (Å²) < 4.78 is 10.2. The molecule has 1 saturated heterocycles. The van der Waals surface area contributed by atoms with Crippen LogP contribution in [0.3, 0.4) is 0 Å². The van der Waals surface area contributed by atoms with E-state index in [1.54, 1.807) is 6.92 Å². The summed E-state index contributed by atoms with van der Waals surface area (Å²) in [4.78, 5) is 9.20. The molecule has 5 nitrogen and oxygen atoms in total. The van der Waals surface area contributed by atoms with Crippen LogP contribution in [0, 0.1) is 0 Å². The fourth-order valence-corrected chi connectivity index (χ4v) is 1.89. The van der Waals surface area contributed by atoms with Gasteiger partial charge in [-0.1, -0.05) is 0 Å². The number of hydrogen-bond acceptors (Lipinski definition) is 5. The Balaban J connectivity index is 2.44. The first-order chi connectivity index (χ1) is 6.31. The van der Waals surface area contributed by atoms with Crippen LogP contribution in [0.5, 0.6) is 0 Å². The molecule has 5 atom stereocenters. The number of aliphatic hydroxyl groups is 2. The van der Waals surface area contributed by atoms with Gasteiger partial charge in [0.05, 0.1) is 12.7 Å². The minimum absolute atomic E-state index is 0.00679. The van der Waals surface area contributed by atoms with Gasteiger partial charge in [-0.3, -0.25) is 0 Å². The largest absolute Gasteiger partial charge is 0.388 e. The highest BCUT2D eigenvalue weighted by atomic mass is 32.5. The first kappa shape index (κ1) is 12.5. The van der Waals surface area contributed by atoms with Gasteiger partial charge in [0.1, 0.15) is 18.3 Å². The molecule has 0 aliphatic carbocycles. The SMILES string of the molecule is CC1OC(COP(C)(O)=S)C(O)C1O. The zero-order chi connectivity index (χ0) is 10.9. The topological polar surface area (TPSA) is 79.2 Å². The molecule has 1 aliphatic rings. The maximum atomic E-state index is 9.47. The lowest BCUT2D eigenvalue weighted by atomic mass is 10.1. The van der Waals surface area contributed by atoms with Gasteiger partial charge in [0.2, 0.25) is 0 Å².